The van der Waals surface area contributed by atoms with E-state index in [-0.39, 0.29) is 11.8 Å². The first-order valence-corrected chi connectivity index (χ1v) is 10.9. The fraction of sp³-hybridized carbons (Fsp3) is 0.435. The molecular formula is C23H23ClN2O4. The monoisotopic (exact) mass is 426 g/mol. The van der Waals surface area contributed by atoms with E-state index in [0.717, 1.165) is 36.1 Å². The van der Waals surface area contributed by atoms with Gasteiger partial charge in [0.25, 0.3) is 5.91 Å². The van der Waals surface area contributed by atoms with Gasteiger partial charge >= 0.3 is 5.97 Å². The van der Waals surface area contributed by atoms with E-state index in [4.69, 9.17) is 21.4 Å². The average molecular weight is 427 g/mol. The minimum atomic E-state index is -0.768. The quantitative estimate of drug-likeness (QED) is 0.766. The van der Waals surface area contributed by atoms with Crippen LogP contribution in [0.3, 0.4) is 0 Å². The summed E-state index contributed by atoms with van der Waals surface area (Å²) >= 11 is 6.47. The van der Waals surface area contributed by atoms with Crippen LogP contribution in [0.5, 0.6) is 5.75 Å². The highest BCUT2D eigenvalue weighted by atomic mass is 35.5. The molecule has 1 saturated carbocycles. The van der Waals surface area contributed by atoms with Crippen molar-refractivity contribution >= 4 is 29.1 Å². The fourth-order valence-electron chi connectivity index (χ4n) is 4.48. The number of carboxylic acids is 1. The lowest BCUT2D eigenvalue weighted by Crippen LogP contribution is -2.21. The normalized spacial score (nSPS) is 20.8. The molecular weight excluding hydrogens is 404 g/mol. The maximum absolute atomic E-state index is 13.6. The van der Waals surface area contributed by atoms with Crippen molar-refractivity contribution in [3.8, 4) is 5.75 Å². The van der Waals surface area contributed by atoms with E-state index in [2.05, 4.69) is 0 Å². The molecule has 0 bridgehead atoms. The van der Waals surface area contributed by atoms with E-state index in [9.17, 15) is 14.7 Å². The number of halogens is 1. The predicted molar refractivity (Wildman–Crippen MR) is 112 cm³/mol. The summed E-state index contributed by atoms with van der Waals surface area (Å²) < 4.78 is 7.42. The van der Waals surface area contributed by atoms with Crippen LogP contribution in [0.15, 0.2) is 24.3 Å². The molecule has 1 unspecified atom stereocenters. The number of allylic oxidation sites excluding steroid dienone is 2. The van der Waals surface area contributed by atoms with Crippen LogP contribution in [-0.2, 0) is 11.2 Å². The minimum Gasteiger partial charge on any atom is -0.489 e. The summed E-state index contributed by atoms with van der Waals surface area (Å²) in [6, 6.07) is 5.63. The van der Waals surface area contributed by atoms with Crippen LogP contribution >= 0.6 is 11.6 Å². The maximum Gasteiger partial charge on any atom is 0.306 e. The molecule has 0 spiro atoms. The number of nitrogens with zero attached hydrogens (tertiary/aromatic N) is 2. The topological polar surface area (TPSA) is 81.4 Å². The van der Waals surface area contributed by atoms with Crippen molar-refractivity contribution in [1.29, 1.82) is 0 Å². The number of benzene rings is 1. The van der Waals surface area contributed by atoms with E-state index >= 15 is 0 Å². The molecule has 1 aromatic carbocycles. The first-order valence-electron chi connectivity index (χ1n) is 10.5. The van der Waals surface area contributed by atoms with Crippen molar-refractivity contribution < 1.29 is 19.4 Å². The van der Waals surface area contributed by atoms with Crippen molar-refractivity contribution in [3.63, 3.8) is 0 Å². The lowest BCUT2D eigenvalue weighted by Gasteiger charge is -2.19. The van der Waals surface area contributed by atoms with Crippen molar-refractivity contribution in [2.45, 2.75) is 50.9 Å². The molecule has 0 radical (unpaired) electrons. The third-order valence-electron chi connectivity index (χ3n) is 6.27. The van der Waals surface area contributed by atoms with Crippen molar-refractivity contribution in [2.24, 2.45) is 5.92 Å². The van der Waals surface area contributed by atoms with Gasteiger partial charge < -0.3 is 9.84 Å². The highest BCUT2D eigenvalue weighted by molar-refractivity contribution is 6.34. The summed E-state index contributed by atoms with van der Waals surface area (Å²) in [6.45, 7) is 0.588. The van der Waals surface area contributed by atoms with E-state index in [1.165, 1.54) is 4.68 Å². The van der Waals surface area contributed by atoms with E-state index in [1.54, 1.807) is 6.07 Å². The standard InChI is InChI=1S/C23H23ClN2O4/c24-17-4-1-3-16(13-6-7-13)19(17)22(27)26-18-5-2-12-30-21(18)20(25-26)14-8-10-15(11-9-14)23(28)29/h1,3-4,8,13,15H,2,5-7,9-12H2,(H,28,29). The summed E-state index contributed by atoms with van der Waals surface area (Å²) in [5.74, 6) is -0.294. The van der Waals surface area contributed by atoms with Gasteiger partial charge in [-0.05, 0) is 68.1 Å². The van der Waals surface area contributed by atoms with Gasteiger partial charge in [0.05, 0.1) is 28.8 Å². The Balaban J connectivity index is 1.56. The SMILES string of the molecule is O=C(O)C1CC=C(c2nn(C(=O)c3c(Cl)cccc3C3CC3)c3c2OCCC3)CC1. The van der Waals surface area contributed by atoms with Crippen LogP contribution in [0.1, 0.15) is 71.8 Å². The van der Waals surface area contributed by atoms with Crippen molar-refractivity contribution in [1.82, 2.24) is 9.78 Å². The molecule has 3 aliphatic rings. The minimum absolute atomic E-state index is 0.213. The van der Waals surface area contributed by atoms with Gasteiger partial charge in [-0.2, -0.15) is 9.78 Å². The van der Waals surface area contributed by atoms with Gasteiger partial charge in [0.15, 0.2) is 5.75 Å². The molecule has 6 nitrogen and oxygen atoms in total. The highest BCUT2D eigenvalue weighted by Gasteiger charge is 2.34. The zero-order valence-corrected chi connectivity index (χ0v) is 17.3. The average Bonchev–Trinajstić information content (AvgIpc) is 3.53. The van der Waals surface area contributed by atoms with E-state index in [1.807, 2.05) is 18.2 Å². The number of carbonyl (C=O) groups excluding carboxylic acids is 1. The number of aliphatic carboxylic acids is 1. The zero-order valence-electron chi connectivity index (χ0n) is 16.6. The van der Waals surface area contributed by atoms with Gasteiger partial charge in [-0.15, -0.1) is 0 Å². The summed E-state index contributed by atoms with van der Waals surface area (Å²) in [5.41, 5.74) is 3.94. The fourth-order valence-corrected chi connectivity index (χ4v) is 4.74. The highest BCUT2D eigenvalue weighted by Crippen LogP contribution is 2.44. The second-order valence-corrected chi connectivity index (χ2v) is 8.72. The van der Waals surface area contributed by atoms with Crippen LogP contribution in [0, 0.1) is 5.92 Å². The third kappa shape index (κ3) is 3.33. The molecule has 156 valence electrons. The van der Waals surface area contributed by atoms with Crippen LogP contribution in [-0.4, -0.2) is 33.4 Å². The van der Waals surface area contributed by atoms with Crippen molar-refractivity contribution in [3.05, 3.63) is 51.8 Å². The van der Waals surface area contributed by atoms with Crippen LogP contribution < -0.4 is 4.74 Å². The molecule has 5 rings (SSSR count). The Morgan fingerprint density at radius 2 is 2.03 bits per heavy atom. The Kier molecular flexibility index (Phi) is 4.89. The molecule has 30 heavy (non-hydrogen) atoms. The summed E-state index contributed by atoms with van der Waals surface area (Å²) in [6.07, 6.45) is 7.25. The number of rotatable bonds is 4. The Bertz CT molecular complexity index is 1070. The Labute approximate surface area is 179 Å². The van der Waals surface area contributed by atoms with Gasteiger partial charge in [-0.3, -0.25) is 9.59 Å². The first kappa shape index (κ1) is 19.4. The van der Waals surface area contributed by atoms with E-state index in [0.29, 0.717) is 60.2 Å². The molecule has 1 N–H and O–H groups in total. The molecule has 2 aromatic rings. The van der Waals surface area contributed by atoms with Gasteiger partial charge in [0.1, 0.15) is 5.69 Å². The van der Waals surface area contributed by atoms with Crippen molar-refractivity contribution in [2.75, 3.05) is 6.61 Å². The van der Waals surface area contributed by atoms with Gasteiger partial charge in [0.2, 0.25) is 0 Å². The summed E-state index contributed by atoms with van der Waals surface area (Å²) in [5, 5.41) is 14.4. The van der Waals surface area contributed by atoms with Crippen LogP contribution in [0.4, 0.5) is 0 Å². The molecule has 7 heteroatoms. The molecule has 1 aromatic heterocycles. The molecule has 0 saturated heterocycles. The lowest BCUT2D eigenvalue weighted by molar-refractivity contribution is -0.141. The van der Waals surface area contributed by atoms with Crippen LogP contribution in [0.2, 0.25) is 5.02 Å². The number of fused-ring (bicyclic) bond motifs is 1. The molecule has 1 atom stereocenters. The maximum atomic E-state index is 13.6. The van der Waals surface area contributed by atoms with Crippen LogP contribution in [0.25, 0.3) is 5.57 Å². The molecule has 0 amide bonds. The molecule has 1 fully saturated rings. The summed E-state index contributed by atoms with van der Waals surface area (Å²) in [7, 11) is 0. The Hall–Kier alpha value is -2.60. The van der Waals surface area contributed by atoms with Gasteiger partial charge in [0, 0.05) is 0 Å². The molecule has 2 heterocycles. The number of carboxylic acid groups (broad SMARTS) is 1. The first-order chi connectivity index (χ1) is 14.5. The zero-order chi connectivity index (χ0) is 20.8. The summed E-state index contributed by atoms with van der Waals surface area (Å²) in [4.78, 5) is 24.9. The third-order valence-corrected chi connectivity index (χ3v) is 6.59. The van der Waals surface area contributed by atoms with E-state index < -0.39 is 5.97 Å². The predicted octanol–water partition coefficient (Wildman–Crippen LogP) is 4.70. The van der Waals surface area contributed by atoms with Gasteiger partial charge in [-0.1, -0.05) is 29.8 Å². The molecule has 1 aliphatic heterocycles. The number of carbonyl (C=O) groups is 2. The second-order valence-electron chi connectivity index (χ2n) is 8.31. The number of hydrogen-bond acceptors (Lipinski definition) is 4. The van der Waals surface area contributed by atoms with Gasteiger partial charge in [-0.25, -0.2) is 0 Å². The lowest BCUT2D eigenvalue weighted by atomic mass is 9.88. The molecule has 2 aliphatic carbocycles. The number of ether oxygens (including phenoxy) is 1. The number of hydrogen-bond donors (Lipinski definition) is 1. The Morgan fingerprint density at radius 3 is 2.73 bits per heavy atom. The largest absolute Gasteiger partial charge is 0.489 e. The second kappa shape index (κ2) is 7.58. The smallest absolute Gasteiger partial charge is 0.306 e. The Morgan fingerprint density at radius 1 is 1.20 bits per heavy atom. The number of aromatic nitrogens is 2.